The van der Waals surface area contributed by atoms with Gasteiger partial charge in [-0.2, -0.15) is 4.68 Å². The van der Waals surface area contributed by atoms with Crippen LogP contribution in [0.5, 0.6) is 17.5 Å². The number of benzene rings is 2. The van der Waals surface area contributed by atoms with E-state index < -0.39 is 0 Å². The van der Waals surface area contributed by atoms with Crippen molar-refractivity contribution in [2.75, 3.05) is 33.8 Å². The Kier molecular flexibility index (Phi) is 11.9. The maximum Gasteiger partial charge on any atom is 0.346 e. The first-order chi connectivity index (χ1) is 14.2. The zero-order chi connectivity index (χ0) is 20.5. The molecular formula is C21H30Cl2N6O2. The fourth-order valence-corrected chi connectivity index (χ4v) is 2.84. The van der Waals surface area contributed by atoms with E-state index in [2.05, 4.69) is 39.8 Å². The second-order valence-electron chi connectivity index (χ2n) is 6.86. The van der Waals surface area contributed by atoms with Crippen LogP contribution in [-0.4, -0.2) is 58.9 Å². The van der Waals surface area contributed by atoms with Crippen molar-refractivity contribution >= 4 is 24.8 Å². The van der Waals surface area contributed by atoms with Crippen LogP contribution in [0.2, 0.25) is 0 Å². The molecule has 1 heterocycles. The average Bonchev–Trinajstić information content (AvgIpc) is 3.18. The van der Waals surface area contributed by atoms with Gasteiger partial charge in [0, 0.05) is 6.54 Å². The van der Waals surface area contributed by atoms with Crippen LogP contribution >= 0.6 is 24.8 Å². The molecule has 170 valence electrons. The van der Waals surface area contributed by atoms with E-state index in [1.807, 2.05) is 55.5 Å². The Morgan fingerprint density at radius 2 is 1.81 bits per heavy atom. The van der Waals surface area contributed by atoms with Gasteiger partial charge in [-0.1, -0.05) is 29.4 Å². The molecule has 0 aliphatic carbocycles. The zero-order valence-corrected chi connectivity index (χ0v) is 19.7. The third-order valence-electron chi connectivity index (χ3n) is 4.24. The first-order valence-electron chi connectivity index (χ1n) is 9.80. The summed E-state index contributed by atoms with van der Waals surface area (Å²) in [6.07, 6.45) is 1.11. The number of hydrogen-bond acceptors (Lipinski definition) is 7. The van der Waals surface area contributed by atoms with E-state index in [0.29, 0.717) is 18.1 Å². The summed E-state index contributed by atoms with van der Waals surface area (Å²) < 4.78 is 13.3. The first-order valence-corrected chi connectivity index (χ1v) is 9.80. The van der Waals surface area contributed by atoms with Gasteiger partial charge in [0.15, 0.2) is 11.5 Å². The van der Waals surface area contributed by atoms with Crippen LogP contribution < -0.4 is 14.8 Å². The molecule has 0 aliphatic rings. The number of ether oxygens (including phenoxy) is 2. The molecule has 10 heteroatoms. The second kappa shape index (κ2) is 13.8. The molecule has 0 fully saturated rings. The number of nitrogens with zero attached hydrogens (tertiary/aromatic N) is 5. The molecule has 0 spiro atoms. The lowest BCUT2D eigenvalue weighted by molar-refractivity contribution is 0.315. The molecule has 0 radical (unpaired) electrons. The number of rotatable bonds is 11. The summed E-state index contributed by atoms with van der Waals surface area (Å²) in [5.41, 5.74) is 1.96. The van der Waals surface area contributed by atoms with Gasteiger partial charge in [0.1, 0.15) is 0 Å². The Morgan fingerprint density at radius 1 is 1.03 bits per heavy atom. The molecule has 0 saturated heterocycles. The van der Waals surface area contributed by atoms with E-state index in [-0.39, 0.29) is 30.8 Å². The van der Waals surface area contributed by atoms with Crippen molar-refractivity contribution < 1.29 is 9.47 Å². The summed E-state index contributed by atoms with van der Waals surface area (Å²) in [6, 6.07) is 15.8. The van der Waals surface area contributed by atoms with Crippen molar-refractivity contribution in [3.8, 4) is 23.2 Å². The van der Waals surface area contributed by atoms with E-state index >= 15 is 0 Å². The summed E-state index contributed by atoms with van der Waals surface area (Å²) in [6.45, 7) is 5.30. The standard InChI is InChI=1S/C21H28N6O2.2ClH/c1-4-28-20-15-17(16-22-13-8-14-26(2)3)11-12-19(20)29-21-23-24-25-27(21)18-9-6-5-7-10-18;;/h5-7,9-12,15,22H,4,8,13-14,16H2,1-3H3;2*1H. The van der Waals surface area contributed by atoms with Crippen LogP contribution in [0.15, 0.2) is 48.5 Å². The molecule has 0 unspecified atom stereocenters. The SMILES string of the molecule is CCOc1cc(CNCCCN(C)C)ccc1Oc1nnnn1-c1ccccc1.Cl.Cl. The Balaban J connectivity index is 0.00000240. The Morgan fingerprint density at radius 3 is 2.52 bits per heavy atom. The van der Waals surface area contributed by atoms with Crippen molar-refractivity contribution in [2.24, 2.45) is 0 Å². The van der Waals surface area contributed by atoms with Crippen LogP contribution in [0.1, 0.15) is 18.9 Å². The number of hydrogen-bond donors (Lipinski definition) is 1. The van der Waals surface area contributed by atoms with Crippen molar-refractivity contribution in [1.82, 2.24) is 30.4 Å². The van der Waals surface area contributed by atoms with Crippen molar-refractivity contribution in [1.29, 1.82) is 0 Å². The Bertz CT molecular complexity index is 893. The molecule has 8 nitrogen and oxygen atoms in total. The molecule has 1 N–H and O–H groups in total. The average molecular weight is 469 g/mol. The summed E-state index contributed by atoms with van der Waals surface area (Å²) in [5, 5.41) is 15.2. The highest BCUT2D eigenvalue weighted by Gasteiger charge is 2.14. The van der Waals surface area contributed by atoms with Crippen LogP contribution in [0.4, 0.5) is 0 Å². The van der Waals surface area contributed by atoms with Crippen molar-refractivity contribution in [3.05, 3.63) is 54.1 Å². The minimum Gasteiger partial charge on any atom is -0.490 e. The molecule has 31 heavy (non-hydrogen) atoms. The van der Waals surface area contributed by atoms with Gasteiger partial charge < -0.3 is 19.7 Å². The molecule has 0 aliphatic heterocycles. The molecule has 1 aromatic heterocycles. The van der Waals surface area contributed by atoms with E-state index in [1.165, 1.54) is 0 Å². The maximum absolute atomic E-state index is 5.99. The molecule has 0 bridgehead atoms. The van der Waals surface area contributed by atoms with Gasteiger partial charge in [0.2, 0.25) is 0 Å². The smallest absolute Gasteiger partial charge is 0.346 e. The highest BCUT2D eigenvalue weighted by molar-refractivity contribution is 5.85. The predicted octanol–water partition coefficient (Wildman–Crippen LogP) is 3.74. The van der Waals surface area contributed by atoms with Gasteiger partial charge in [0.05, 0.1) is 12.3 Å². The number of aromatic nitrogens is 4. The molecule has 0 amide bonds. The summed E-state index contributed by atoms with van der Waals surface area (Å²) >= 11 is 0. The largest absolute Gasteiger partial charge is 0.490 e. The number of halogens is 2. The highest BCUT2D eigenvalue weighted by Crippen LogP contribution is 2.32. The minimum absolute atomic E-state index is 0. The van der Waals surface area contributed by atoms with Crippen molar-refractivity contribution in [2.45, 2.75) is 19.9 Å². The molecule has 0 saturated carbocycles. The summed E-state index contributed by atoms with van der Waals surface area (Å²) in [7, 11) is 4.17. The normalized spacial score (nSPS) is 10.3. The van der Waals surface area contributed by atoms with Crippen LogP contribution in [0.25, 0.3) is 5.69 Å². The monoisotopic (exact) mass is 468 g/mol. The predicted molar refractivity (Wildman–Crippen MR) is 126 cm³/mol. The van der Waals surface area contributed by atoms with Gasteiger partial charge >= 0.3 is 6.01 Å². The molecule has 2 aromatic carbocycles. The quantitative estimate of drug-likeness (QED) is 0.429. The number of nitrogens with one attached hydrogen (secondary N) is 1. The lowest BCUT2D eigenvalue weighted by atomic mass is 10.2. The number of para-hydroxylation sites is 1. The maximum atomic E-state index is 5.99. The van der Waals surface area contributed by atoms with E-state index in [9.17, 15) is 0 Å². The zero-order valence-electron chi connectivity index (χ0n) is 18.0. The Hall–Kier alpha value is -2.39. The second-order valence-corrected chi connectivity index (χ2v) is 6.86. The summed E-state index contributed by atoms with van der Waals surface area (Å²) in [4.78, 5) is 2.18. The van der Waals surface area contributed by atoms with E-state index in [4.69, 9.17) is 9.47 Å². The van der Waals surface area contributed by atoms with E-state index in [1.54, 1.807) is 4.68 Å². The number of tetrazole rings is 1. The fraction of sp³-hybridized carbons (Fsp3) is 0.381. The van der Waals surface area contributed by atoms with E-state index in [0.717, 1.165) is 37.3 Å². The lowest BCUT2D eigenvalue weighted by Crippen LogP contribution is -2.21. The highest BCUT2D eigenvalue weighted by atomic mass is 35.5. The Labute approximate surface area is 195 Å². The molecule has 0 atom stereocenters. The summed E-state index contributed by atoms with van der Waals surface area (Å²) in [5.74, 6) is 1.25. The molecule has 3 rings (SSSR count). The van der Waals surface area contributed by atoms with Crippen LogP contribution in [0, 0.1) is 0 Å². The van der Waals surface area contributed by atoms with Gasteiger partial charge in [-0.3, -0.25) is 0 Å². The molecule has 3 aromatic rings. The van der Waals surface area contributed by atoms with Crippen LogP contribution in [-0.2, 0) is 6.54 Å². The molecular weight excluding hydrogens is 439 g/mol. The fourth-order valence-electron chi connectivity index (χ4n) is 2.84. The third-order valence-corrected chi connectivity index (χ3v) is 4.24. The van der Waals surface area contributed by atoms with Crippen molar-refractivity contribution in [3.63, 3.8) is 0 Å². The lowest BCUT2D eigenvalue weighted by Gasteiger charge is -2.13. The van der Waals surface area contributed by atoms with Gasteiger partial charge in [-0.05, 0) is 80.8 Å². The van der Waals surface area contributed by atoms with Crippen LogP contribution in [0.3, 0.4) is 0 Å². The topological polar surface area (TPSA) is 77.3 Å². The third kappa shape index (κ3) is 7.99. The first kappa shape index (κ1) is 26.6. The van der Waals surface area contributed by atoms with Gasteiger partial charge in [-0.15, -0.1) is 24.8 Å². The van der Waals surface area contributed by atoms with Gasteiger partial charge in [-0.25, -0.2) is 0 Å². The minimum atomic E-state index is 0. The van der Waals surface area contributed by atoms with Gasteiger partial charge in [0.25, 0.3) is 0 Å².